The third-order valence-corrected chi connectivity index (χ3v) is 4.96. The molecule has 0 spiro atoms. The van der Waals surface area contributed by atoms with Gasteiger partial charge in [-0.25, -0.2) is 4.79 Å². The number of hydrogen-bond donors (Lipinski definition) is 1. The molecule has 0 aromatic heterocycles. The lowest BCUT2D eigenvalue weighted by Crippen LogP contribution is -2.41. The second-order valence-electron chi connectivity index (χ2n) is 8.39. The predicted molar refractivity (Wildman–Crippen MR) is 106 cm³/mol. The molecule has 1 aliphatic heterocycles. The number of hydrogen-bond acceptors (Lipinski definition) is 2. The molecule has 0 saturated heterocycles. The molecular weight excluding hydrogens is 324 g/mol. The van der Waals surface area contributed by atoms with Crippen molar-refractivity contribution in [2.45, 2.75) is 52.1 Å². The molecular formula is C23H26O3. The molecule has 2 aromatic rings. The Hall–Kier alpha value is -2.55. The van der Waals surface area contributed by atoms with Crippen LogP contribution in [0.25, 0.3) is 11.6 Å². The van der Waals surface area contributed by atoms with Crippen molar-refractivity contribution in [1.82, 2.24) is 0 Å². The Bertz CT molecular complexity index is 871. The van der Waals surface area contributed by atoms with Gasteiger partial charge in [0.1, 0.15) is 11.4 Å². The number of benzene rings is 2. The van der Waals surface area contributed by atoms with E-state index in [-0.39, 0.29) is 11.0 Å². The first kappa shape index (κ1) is 18.2. The maximum atomic E-state index is 11.0. The standard InChI is InChI=1S/C23H26O3/c1-15(12-16-6-8-17(9-7-16)21(24)25)18-10-11-20-19(13-18)22(2,3)14-23(4,5)26-20/h6-13H,14H2,1-5H3,(H,24,25)/b15-12+. The van der Waals surface area contributed by atoms with Crippen LogP contribution in [0.15, 0.2) is 42.5 Å². The first-order valence-corrected chi connectivity index (χ1v) is 8.93. The third kappa shape index (κ3) is 3.67. The van der Waals surface area contributed by atoms with Crippen LogP contribution in [0.4, 0.5) is 0 Å². The third-order valence-electron chi connectivity index (χ3n) is 4.96. The number of allylic oxidation sites excluding steroid dienone is 1. The van der Waals surface area contributed by atoms with Crippen LogP contribution >= 0.6 is 0 Å². The number of fused-ring (bicyclic) bond motifs is 1. The molecule has 1 N–H and O–H groups in total. The quantitative estimate of drug-likeness (QED) is 0.713. The Morgan fingerprint density at radius 3 is 2.27 bits per heavy atom. The molecule has 0 aliphatic carbocycles. The minimum Gasteiger partial charge on any atom is -0.488 e. The van der Waals surface area contributed by atoms with E-state index in [1.807, 2.05) is 12.1 Å². The van der Waals surface area contributed by atoms with Gasteiger partial charge in [0.2, 0.25) is 0 Å². The van der Waals surface area contributed by atoms with Crippen molar-refractivity contribution in [3.63, 3.8) is 0 Å². The molecule has 1 heterocycles. The molecule has 0 radical (unpaired) electrons. The van der Waals surface area contributed by atoms with E-state index in [1.165, 1.54) is 5.56 Å². The number of carboxylic acid groups (broad SMARTS) is 1. The van der Waals surface area contributed by atoms with Crippen molar-refractivity contribution in [3.05, 3.63) is 64.7 Å². The molecule has 0 amide bonds. The average molecular weight is 350 g/mol. The minimum atomic E-state index is -0.905. The zero-order valence-electron chi connectivity index (χ0n) is 16.1. The van der Waals surface area contributed by atoms with Crippen LogP contribution in [0.2, 0.25) is 0 Å². The Morgan fingerprint density at radius 1 is 1.04 bits per heavy atom. The highest BCUT2D eigenvalue weighted by Crippen LogP contribution is 2.45. The molecule has 0 bridgehead atoms. The Labute approximate surface area is 155 Å². The summed E-state index contributed by atoms with van der Waals surface area (Å²) in [6, 6.07) is 13.3. The highest BCUT2D eigenvalue weighted by atomic mass is 16.5. The average Bonchev–Trinajstić information content (AvgIpc) is 2.53. The van der Waals surface area contributed by atoms with Crippen molar-refractivity contribution in [1.29, 1.82) is 0 Å². The summed E-state index contributed by atoms with van der Waals surface area (Å²) in [5.74, 6) is 0.0608. The fourth-order valence-corrected chi connectivity index (χ4v) is 3.94. The van der Waals surface area contributed by atoms with Crippen LogP contribution in [-0.2, 0) is 5.41 Å². The van der Waals surface area contributed by atoms with E-state index < -0.39 is 5.97 Å². The molecule has 3 nitrogen and oxygen atoms in total. The number of aromatic carboxylic acids is 1. The SMILES string of the molecule is C/C(=C\c1ccc(C(=O)O)cc1)c1ccc2c(c1)C(C)(C)CC(C)(C)O2. The molecule has 136 valence electrons. The normalized spacial score (nSPS) is 18.0. The maximum Gasteiger partial charge on any atom is 0.335 e. The van der Waals surface area contributed by atoms with Gasteiger partial charge in [0.15, 0.2) is 0 Å². The van der Waals surface area contributed by atoms with Gasteiger partial charge < -0.3 is 9.84 Å². The summed E-state index contributed by atoms with van der Waals surface area (Å²) >= 11 is 0. The van der Waals surface area contributed by atoms with E-state index >= 15 is 0 Å². The van der Waals surface area contributed by atoms with Gasteiger partial charge in [0, 0.05) is 5.56 Å². The van der Waals surface area contributed by atoms with Gasteiger partial charge in [-0.15, -0.1) is 0 Å². The summed E-state index contributed by atoms with van der Waals surface area (Å²) in [4.78, 5) is 11.0. The van der Waals surface area contributed by atoms with Crippen molar-refractivity contribution in [2.24, 2.45) is 0 Å². The van der Waals surface area contributed by atoms with Crippen molar-refractivity contribution in [3.8, 4) is 5.75 Å². The minimum absolute atomic E-state index is 0.0521. The fourth-order valence-electron chi connectivity index (χ4n) is 3.94. The van der Waals surface area contributed by atoms with E-state index in [1.54, 1.807) is 12.1 Å². The topological polar surface area (TPSA) is 46.5 Å². The van der Waals surface area contributed by atoms with E-state index in [0.29, 0.717) is 5.56 Å². The van der Waals surface area contributed by atoms with E-state index in [4.69, 9.17) is 9.84 Å². The summed E-state index contributed by atoms with van der Waals surface area (Å²) in [6.07, 6.45) is 3.05. The number of carbonyl (C=O) groups is 1. The summed E-state index contributed by atoms with van der Waals surface area (Å²) < 4.78 is 6.17. The molecule has 3 rings (SSSR count). The lowest BCUT2D eigenvalue weighted by Gasteiger charge is -2.42. The second kappa shape index (κ2) is 6.31. The molecule has 0 saturated carbocycles. The number of carboxylic acids is 1. The molecule has 2 aromatic carbocycles. The first-order chi connectivity index (χ1) is 12.1. The van der Waals surface area contributed by atoms with Gasteiger partial charge in [0.25, 0.3) is 0 Å². The van der Waals surface area contributed by atoms with Crippen LogP contribution in [0.5, 0.6) is 5.75 Å². The second-order valence-corrected chi connectivity index (χ2v) is 8.39. The van der Waals surface area contributed by atoms with Gasteiger partial charge in [-0.1, -0.05) is 38.1 Å². The molecule has 0 atom stereocenters. The monoisotopic (exact) mass is 350 g/mol. The predicted octanol–water partition coefficient (Wildman–Crippen LogP) is 5.78. The first-order valence-electron chi connectivity index (χ1n) is 8.93. The van der Waals surface area contributed by atoms with E-state index in [0.717, 1.165) is 28.9 Å². The Balaban J connectivity index is 1.94. The van der Waals surface area contributed by atoms with E-state index in [9.17, 15) is 4.79 Å². The van der Waals surface area contributed by atoms with Crippen LogP contribution in [0, 0.1) is 0 Å². The van der Waals surface area contributed by atoms with Crippen molar-refractivity contribution >= 4 is 17.6 Å². The van der Waals surface area contributed by atoms with Crippen LogP contribution in [0.3, 0.4) is 0 Å². The van der Waals surface area contributed by atoms with Crippen LogP contribution < -0.4 is 4.74 Å². The zero-order chi connectivity index (χ0) is 19.1. The Kier molecular flexibility index (Phi) is 4.43. The number of ether oxygens (including phenoxy) is 1. The lowest BCUT2D eigenvalue weighted by molar-refractivity contribution is 0.0534. The summed E-state index contributed by atoms with van der Waals surface area (Å²) in [6.45, 7) is 10.9. The van der Waals surface area contributed by atoms with Crippen molar-refractivity contribution < 1.29 is 14.6 Å². The van der Waals surface area contributed by atoms with Gasteiger partial charge >= 0.3 is 5.97 Å². The van der Waals surface area contributed by atoms with Crippen molar-refractivity contribution in [2.75, 3.05) is 0 Å². The van der Waals surface area contributed by atoms with Gasteiger partial charge in [-0.3, -0.25) is 0 Å². The van der Waals surface area contributed by atoms with Gasteiger partial charge in [-0.2, -0.15) is 0 Å². The van der Waals surface area contributed by atoms with E-state index in [2.05, 4.69) is 58.9 Å². The fraction of sp³-hybridized carbons (Fsp3) is 0.348. The van der Waals surface area contributed by atoms with Crippen LogP contribution in [0.1, 0.15) is 68.1 Å². The van der Waals surface area contributed by atoms with Crippen LogP contribution in [-0.4, -0.2) is 16.7 Å². The smallest absolute Gasteiger partial charge is 0.335 e. The summed E-state index contributed by atoms with van der Waals surface area (Å²) in [5, 5.41) is 9.01. The number of rotatable bonds is 3. The highest BCUT2D eigenvalue weighted by Gasteiger charge is 2.38. The maximum absolute atomic E-state index is 11.0. The lowest BCUT2D eigenvalue weighted by atomic mass is 9.73. The summed E-state index contributed by atoms with van der Waals surface area (Å²) in [5.41, 5.74) is 4.71. The molecule has 3 heteroatoms. The summed E-state index contributed by atoms with van der Waals surface area (Å²) in [7, 11) is 0. The largest absolute Gasteiger partial charge is 0.488 e. The Morgan fingerprint density at radius 2 is 1.65 bits per heavy atom. The van der Waals surface area contributed by atoms with Gasteiger partial charge in [-0.05, 0) is 73.6 Å². The molecule has 0 fully saturated rings. The zero-order valence-corrected chi connectivity index (χ0v) is 16.1. The molecule has 0 unspecified atom stereocenters. The molecule has 1 aliphatic rings. The van der Waals surface area contributed by atoms with Gasteiger partial charge in [0.05, 0.1) is 5.56 Å². The molecule has 26 heavy (non-hydrogen) atoms. The highest BCUT2D eigenvalue weighted by molar-refractivity contribution is 5.88.